The predicted molar refractivity (Wildman–Crippen MR) is 113 cm³/mol. The topological polar surface area (TPSA) is 92.0 Å². The van der Waals surface area contributed by atoms with Crippen molar-refractivity contribution in [3.63, 3.8) is 0 Å². The first-order chi connectivity index (χ1) is 15.0. The van der Waals surface area contributed by atoms with Crippen LogP contribution in [0.25, 0.3) is 16.8 Å². The summed E-state index contributed by atoms with van der Waals surface area (Å²) in [5.41, 5.74) is 2.33. The van der Waals surface area contributed by atoms with Crippen LogP contribution < -0.4 is 9.47 Å². The summed E-state index contributed by atoms with van der Waals surface area (Å²) in [6, 6.07) is 15.4. The second-order valence-electron chi connectivity index (χ2n) is 6.58. The molecular weight excluding hydrogens is 398 g/mol. The molecule has 0 aliphatic carbocycles. The number of esters is 1. The lowest BCUT2D eigenvalue weighted by atomic mass is 10.0. The first kappa shape index (κ1) is 20.1. The van der Waals surface area contributed by atoms with E-state index in [4.69, 9.17) is 14.2 Å². The Labute approximate surface area is 178 Å². The Balaban J connectivity index is 1.90. The fourth-order valence-electron chi connectivity index (χ4n) is 3.23. The van der Waals surface area contributed by atoms with Crippen LogP contribution in [0.4, 0.5) is 0 Å². The van der Waals surface area contributed by atoms with Crippen LogP contribution in [-0.4, -0.2) is 47.7 Å². The molecule has 0 fully saturated rings. The molecule has 0 bridgehead atoms. The van der Waals surface area contributed by atoms with E-state index in [0.29, 0.717) is 28.3 Å². The van der Waals surface area contributed by atoms with Crippen LogP contribution in [0.2, 0.25) is 0 Å². The van der Waals surface area contributed by atoms with Crippen molar-refractivity contribution in [2.24, 2.45) is 0 Å². The highest BCUT2D eigenvalue weighted by atomic mass is 16.5. The van der Waals surface area contributed by atoms with Gasteiger partial charge in [-0.3, -0.25) is 4.79 Å². The molecule has 0 amide bonds. The first-order valence-electron chi connectivity index (χ1n) is 9.36. The van der Waals surface area contributed by atoms with Crippen molar-refractivity contribution in [1.82, 2.24) is 14.6 Å². The van der Waals surface area contributed by atoms with Crippen LogP contribution in [-0.2, 0) is 4.74 Å². The van der Waals surface area contributed by atoms with E-state index in [-0.39, 0.29) is 17.2 Å². The minimum atomic E-state index is -0.616. The van der Waals surface area contributed by atoms with Gasteiger partial charge in [-0.05, 0) is 48.5 Å². The second-order valence-corrected chi connectivity index (χ2v) is 6.58. The smallest absolute Gasteiger partial charge is 0.356 e. The Hall–Kier alpha value is -4.20. The third kappa shape index (κ3) is 3.71. The SMILES string of the molecule is COC(=O)c1cccc(C(=O)c2c(-c3ccc(OC)cc3)nn3cc(OC)ccc23)n1. The average molecular weight is 417 g/mol. The number of benzene rings is 1. The van der Waals surface area contributed by atoms with Crippen LogP contribution in [0.5, 0.6) is 11.5 Å². The van der Waals surface area contributed by atoms with Crippen molar-refractivity contribution >= 4 is 17.3 Å². The molecule has 0 spiro atoms. The van der Waals surface area contributed by atoms with Gasteiger partial charge in [0.2, 0.25) is 5.78 Å². The number of aromatic nitrogens is 3. The van der Waals surface area contributed by atoms with Crippen molar-refractivity contribution in [1.29, 1.82) is 0 Å². The minimum Gasteiger partial charge on any atom is -0.497 e. The standard InChI is InChI=1S/C23H19N3O5/c1-29-15-9-7-14(8-10-15)21-20(19-12-11-16(30-2)13-26(19)25-21)22(27)17-5-4-6-18(24-17)23(28)31-3/h4-13H,1-3H3. The lowest BCUT2D eigenvalue weighted by Gasteiger charge is -2.06. The maximum Gasteiger partial charge on any atom is 0.356 e. The van der Waals surface area contributed by atoms with Crippen molar-refractivity contribution in [3.8, 4) is 22.8 Å². The molecule has 156 valence electrons. The fourth-order valence-corrected chi connectivity index (χ4v) is 3.23. The highest BCUT2D eigenvalue weighted by Gasteiger charge is 2.24. The predicted octanol–water partition coefficient (Wildman–Crippen LogP) is 3.43. The molecule has 0 saturated carbocycles. The number of methoxy groups -OCH3 is 3. The summed E-state index contributed by atoms with van der Waals surface area (Å²) in [4.78, 5) is 29.6. The number of ketones is 1. The molecule has 0 unspecified atom stereocenters. The highest BCUT2D eigenvalue weighted by Crippen LogP contribution is 2.30. The quantitative estimate of drug-likeness (QED) is 0.351. The van der Waals surface area contributed by atoms with Crippen LogP contribution in [0.15, 0.2) is 60.8 Å². The molecule has 3 heterocycles. The van der Waals surface area contributed by atoms with E-state index < -0.39 is 5.97 Å². The van der Waals surface area contributed by atoms with Crippen LogP contribution in [0.3, 0.4) is 0 Å². The van der Waals surface area contributed by atoms with Crippen molar-refractivity contribution in [2.75, 3.05) is 21.3 Å². The largest absolute Gasteiger partial charge is 0.497 e. The first-order valence-corrected chi connectivity index (χ1v) is 9.36. The molecule has 1 aromatic carbocycles. The minimum absolute atomic E-state index is 0.0532. The number of nitrogens with zero attached hydrogens (tertiary/aromatic N) is 3. The summed E-state index contributed by atoms with van der Waals surface area (Å²) >= 11 is 0. The Morgan fingerprint density at radius 2 is 1.52 bits per heavy atom. The molecule has 0 aliphatic rings. The van der Waals surface area contributed by atoms with Gasteiger partial charge in [0.25, 0.3) is 0 Å². The van der Waals surface area contributed by atoms with Gasteiger partial charge in [0.05, 0.1) is 38.6 Å². The van der Waals surface area contributed by atoms with Crippen molar-refractivity contribution < 1.29 is 23.8 Å². The van der Waals surface area contributed by atoms with Crippen LogP contribution in [0, 0.1) is 0 Å². The zero-order valence-electron chi connectivity index (χ0n) is 17.2. The molecule has 8 nitrogen and oxygen atoms in total. The van der Waals surface area contributed by atoms with E-state index in [0.717, 1.165) is 5.56 Å². The van der Waals surface area contributed by atoms with E-state index in [1.165, 1.54) is 13.2 Å². The Kier molecular flexibility index (Phi) is 5.36. The Morgan fingerprint density at radius 1 is 0.839 bits per heavy atom. The molecule has 8 heteroatoms. The number of rotatable bonds is 6. The van der Waals surface area contributed by atoms with E-state index in [2.05, 4.69) is 10.1 Å². The molecular formula is C23H19N3O5. The summed E-state index contributed by atoms with van der Waals surface area (Å²) in [5, 5.41) is 4.62. The van der Waals surface area contributed by atoms with Crippen LogP contribution in [0.1, 0.15) is 26.5 Å². The van der Waals surface area contributed by atoms with E-state index in [1.807, 2.05) is 12.1 Å². The Morgan fingerprint density at radius 3 is 2.19 bits per heavy atom. The molecule has 4 rings (SSSR count). The van der Waals surface area contributed by atoms with Gasteiger partial charge in [-0.25, -0.2) is 14.3 Å². The van der Waals surface area contributed by atoms with Gasteiger partial charge in [0.15, 0.2) is 0 Å². The van der Waals surface area contributed by atoms with Crippen molar-refractivity contribution in [3.05, 3.63) is 77.7 Å². The normalized spacial score (nSPS) is 10.7. The number of ether oxygens (including phenoxy) is 3. The molecule has 0 N–H and O–H groups in total. The van der Waals surface area contributed by atoms with E-state index in [1.54, 1.807) is 61.3 Å². The maximum absolute atomic E-state index is 13.5. The van der Waals surface area contributed by atoms with Gasteiger partial charge >= 0.3 is 5.97 Å². The summed E-state index contributed by atoms with van der Waals surface area (Å²) in [6.07, 6.45) is 1.69. The highest BCUT2D eigenvalue weighted by molar-refractivity contribution is 6.16. The molecule has 0 aliphatic heterocycles. The number of fused-ring (bicyclic) bond motifs is 1. The molecule has 0 radical (unpaired) electrons. The summed E-state index contributed by atoms with van der Waals surface area (Å²) in [5.74, 6) is 0.307. The number of hydrogen-bond acceptors (Lipinski definition) is 7. The number of carbonyl (C=O) groups excluding carboxylic acids is 2. The van der Waals surface area contributed by atoms with Crippen LogP contribution >= 0.6 is 0 Å². The molecule has 0 atom stereocenters. The summed E-state index contributed by atoms with van der Waals surface area (Å²) in [7, 11) is 4.41. The van der Waals surface area contributed by atoms with Gasteiger partial charge in [0.1, 0.15) is 28.6 Å². The third-order valence-corrected chi connectivity index (χ3v) is 4.80. The van der Waals surface area contributed by atoms with Gasteiger partial charge in [-0.2, -0.15) is 5.10 Å². The Bertz CT molecular complexity index is 1280. The summed E-state index contributed by atoms with van der Waals surface area (Å²) < 4.78 is 16.8. The molecule has 0 saturated heterocycles. The van der Waals surface area contributed by atoms with E-state index >= 15 is 0 Å². The van der Waals surface area contributed by atoms with Crippen molar-refractivity contribution in [2.45, 2.75) is 0 Å². The third-order valence-electron chi connectivity index (χ3n) is 4.80. The average Bonchev–Trinajstić information content (AvgIpc) is 3.21. The lowest BCUT2D eigenvalue weighted by Crippen LogP contribution is -2.10. The maximum atomic E-state index is 13.5. The van der Waals surface area contributed by atoms with E-state index in [9.17, 15) is 9.59 Å². The van der Waals surface area contributed by atoms with Gasteiger partial charge in [-0.1, -0.05) is 6.07 Å². The molecule has 3 aromatic heterocycles. The number of carbonyl (C=O) groups is 2. The van der Waals surface area contributed by atoms with Gasteiger partial charge < -0.3 is 14.2 Å². The lowest BCUT2D eigenvalue weighted by molar-refractivity contribution is 0.0594. The number of hydrogen-bond donors (Lipinski definition) is 0. The molecule has 31 heavy (non-hydrogen) atoms. The zero-order chi connectivity index (χ0) is 22.0. The number of pyridine rings is 2. The van der Waals surface area contributed by atoms with Gasteiger partial charge in [0, 0.05) is 5.56 Å². The zero-order valence-corrected chi connectivity index (χ0v) is 17.2. The summed E-state index contributed by atoms with van der Waals surface area (Å²) in [6.45, 7) is 0. The second kappa shape index (κ2) is 8.27. The molecule has 4 aromatic rings. The van der Waals surface area contributed by atoms with Gasteiger partial charge in [-0.15, -0.1) is 0 Å². The fraction of sp³-hybridized carbons (Fsp3) is 0.130. The monoisotopic (exact) mass is 417 g/mol.